The maximum atomic E-state index is 13.3. The predicted molar refractivity (Wildman–Crippen MR) is 277 cm³/mol. The molecule has 442 valence electrons. The minimum atomic E-state index is -0.907. The molecule has 0 radical (unpaired) electrons. The van der Waals surface area contributed by atoms with Crippen molar-refractivity contribution >= 4 is 41.3 Å². The van der Waals surface area contributed by atoms with Crippen molar-refractivity contribution in [2.24, 2.45) is 5.92 Å². The van der Waals surface area contributed by atoms with E-state index in [2.05, 4.69) is 25.8 Å². The van der Waals surface area contributed by atoms with Gasteiger partial charge in [-0.25, -0.2) is 14.3 Å². The third kappa shape index (κ3) is 22.7. The minimum absolute atomic E-state index is 0.0503. The number of hydrogen-bond donors (Lipinski definition) is 2. The molecule has 1 saturated carbocycles. The summed E-state index contributed by atoms with van der Waals surface area (Å²) in [5, 5.41) is 15.0. The van der Waals surface area contributed by atoms with Crippen molar-refractivity contribution in [1.29, 1.82) is 0 Å². The van der Waals surface area contributed by atoms with Crippen LogP contribution in [0.4, 0.5) is 10.5 Å². The van der Waals surface area contributed by atoms with Crippen molar-refractivity contribution < 1.29 is 90.4 Å². The summed E-state index contributed by atoms with van der Waals surface area (Å²) in [6.07, 6.45) is 3.74. The number of anilines is 1. The van der Waals surface area contributed by atoms with Crippen LogP contribution < -0.4 is 10.6 Å². The van der Waals surface area contributed by atoms with Crippen molar-refractivity contribution in [3.05, 3.63) is 30.5 Å². The van der Waals surface area contributed by atoms with Crippen LogP contribution in [0.2, 0.25) is 0 Å². The maximum Gasteiger partial charge on any atom is 0.335 e. The Bertz CT molecular complexity index is 2130. The SMILES string of the molecule is CN1CC(N2C(=O)NC3(CCC(C(=O)Nc4cccc(-c5cn(CCOCCOCCOCCOCCOCCOCCOCCOCCOCCOCCOCCOCCC(=O)ON6C(=O)CCC6=O)nn5)c4)CC3)C2=O)C1. The zero-order valence-corrected chi connectivity index (χ0v) is 45.5. The molecular formula is C52H80N8O19. The largest absolute Gasteiger partial charge is 0.378 e. The molecule has 1 aromatic carbocycles. The van der Waals surface area contributed by atoms with Gasteiger partial charge in [-0.15, -0.1) is 10.2 Å². The molecule has 0 atom stereocenters. The van der Waals surface area contributed by atoms with E-state index in [0.29, 0.717) is 207 Å². The normalized spacial score (nSPS) is 18.8. The summed E-state index contributed by atoms with van der Waals surface area (Å²) in [4.78, 5) is 82.1. The van der Waals surface area contributed by atoms with Crippen molar-refractivity contribution in [3.63, 3.8) is 0 Å². The van der Waals surface area contributed by atoms with Crippen LogP contribution in [0.1, 0.15) is 44.9 Å². The van der Waals surface area contributed by atoms with Crippen molar-refractivity contribution in [2.45, 2.75) is 63.1 Å². The quantitative estimate of drug-likeness (QED) is 0.0529. The monoisotopic (exact) mass is 1120 g/mol. The Kier molecular flexibility index (Phi) is 28.9. The second-order valence-corrected chi connectivity index (χ2v) is 18.9. The van der Waals surface area contributed by atoms with Gasteiger partial charge in [-0.3, -0.25) is 24.1 Å². The number of nitrogens with one attached hydrogen (secondary N) is 2. The zero-order chi connectivity index (χ0) is 55.8. The van der Waals surface area contributed by atoms with Crippen LogP contribution in [0.3, 0.4) is 0 Å². The molecule has 4 aliphatic rings. The number of amides is 6. The first kappa shape index (κ1) is 63.0. The van der Waals surface area contributed by atoms with Crippen LogP contribution in [-0.4, -0.2) is 256 Å². The number of benzene rings is 1. The number of hydrogen-bond acceptors (Lipinski definition) is 22. The third-order valence-corrected chi connectivity index (χ3v) is 13.0. The lowest BCUT2D eigenvalue weighted by molar-refractivity contribution is -0.198. The lowest BCUT2D eigenvalue weighted by atomic mass is 9.76. The molecule has 27 nitrogen and oxygen atoms in total. The summed E-state index contributed by atoms with van der Waals surface area (Å²) in [5.41, 5.74) is 1.21. The van der Waals surface area contributed by atoms with Crippen LogP contribution >= 0.6 is 0 Å². The molecular weight excluding hydrogens is 1040 g/mol. The van der Waals surface area contributed by atoms with Crippen molar-refractivity contribution in [3.8, 4) is 11.3 Å². The van der Waals surface area contributed by atoms with Gasteiger partial charge in [0.15, 0.2) is 0 Å². The number of ether oxygens (including phenoxy) is 12. The van der Waals surface area contributed by atoms with E-state index >= 15 is 0 Å². The summed E-state index contributed by atoms with van der Waals surface area (Å²) in [6.45, 7) is 11.8. The van der Waals surface area contributed by atoms with E-state index in [-0.39, 0.29) is 62.3 Å². The first-order valence-electron chi connectivity index (χ1n) is 27.3. The van der Waals surface area contributed by atoms with Crippen LogP contribution in [0.25, 0.3) is 11.3 Å². The number of likely N-dealkylation sites (tertiary alicyclic amines) is 1. The Balaban J connectivity index is 0.617. The molecule has 3 saturated heterocycles. The molecule has 0 bridgehead atoms. The molecule has 2 N–H and O–H groups in total. The molecule has 1 aliphatic carbocycles. The molecule has 27 heteroatoms. The van der Waals surface area contributed by atoms with E-state index in [4.69, 9.17) is 61.7 Å². The zero-order valence-electron chi connectivity index (χ0n) is 45.5. The van der Waals surface area contributed by atoms with E-state index in [1.54, 1.807) is 4.68 Å². The molecule has 4 fully saturated rings. The van der Waals surface area contributed by atoms with Gasteiger partial charge in [0.05, 0.1) is 184 Å². The molecule has 1 spiro atoms. The van der Waals surface area contributed by atoms with Crippen LogP contribution in [0, 0.1) is 5.92 Å². The van der Waals surface area contributed by atoms with Gasteiger partial charge >= 0.3 is 12.0 Å². The number of nitrogens with zero attached hydrogens (tertiary/aromatic N) is 6. The smallest absolute Gasteiger partial charge is 0.335 e. The second kappa shape index (κ2) is 36.3. The average molecular weight is 1120 g/mol. The average Bonchev–Trinajstić information content (AvgIpc) is 4.30. The summed E-state index contributed by atoms with van der Waals surface area (Å²) in [5.74, 6) is -2.27. The minimum Gasteiger partial charge on any atom is -0.378 e. The molecule has 3 aliphatic heterocycles. The summed E-state index contributed by atoms with van der Waals surface area (Å²) in [7, 11) is 1.96. The lowest BCUT2D eigenvalue weighted by Gasteiger charge is -2.41. The van der Waals surface area contributed by atoms with Gasteiger partial charge in [0.25, 0.3) is 17.7 Å². The topological polar surface area (TPSA) is 287 Å². The molecule has 4 heterocycles. The number of imide groups is 2. The highest BCUT2D eigenvalue weighted by Crippen LogP contribution is 2.38. The molecule has 79 heavy (non-hydrogen) atoms. The fourth-order valence-electron chi connectivity index (χ4n) is 8.69. The Morgan fingerprint density at radius 2 is 1.06 bits per heavy atom. The van der Waals surface area contributed by atoms with Crippen molar-refractivity contribution in [2.75, 3.05) is 184 Å². The van der Waals surface area contributed by atoms with Gasteiger partial charge in [0.1, 0.15) is 11.2 Å². The molecule has 6 amide bonds. The Morgan fingerprint density at radius 1 is 0.620 bits per heavy atom. The lowest BCUT2D eigenvalue weighted by Crippen LogP contribution is -2.60. The van der Waals surface area contributed by atoms with E-state index in [1.807, 2.05) is 37.5 Å². The summed E-state index contributed by atoms with van der Waals surface area (Å²) in [6, 6.07) is 7.05. The van der Waals surface area contributed by atoms with Gasteiger partial charge in [-0.1, -0.05) is 17.3 Å². The molecule has 6 rings (SSSR count). The van der Waals surface area contributed by atoms with Crippen molar-refractivity contribution in [1.82, 2.24) is 35.2 Å². The first-order chi connectivity index (χ1) is 38.6. The number of hydroxylamine groups is 2. The number of carbonyl (C=O) groups is 6. The number of rotatable bonds is 44. The van der Waals surface area contributed by atoms with Gasteiger partial charge in [0.2, 0.25) is 5.91 Å². The number of likely N-dealkylation sites (N-methyl/N-ethyl adjacent to an activating group) is 1. The van der Waals surface area contributed by atoms with Gasteiger partial charge in [0, 0.05) is 43.1 Å². The Labute approximate surface area is 460 Å². The van der Waals surface area contributed by atoms with Gasteiger partial charge in [-0.05, 0) is 44.9 Å². The fourth-order valence-corrected chi connectivity index (χ4v) is 8.69. The number of aromatic nitrogens is 3. The van der Waals surface area contributed by atoms with E-state index in [0.717, 1.165) is 5.56 Å². The molecule has 2 aromatic rings. The highest BCUT2D eigenvalue weighted by Gasteiger charge is 2.56. The van der Waals surface area contributed by atoms with Gasteiger partial charge < -0.3 is 77.2 Å². The highest BCUT2D eigenvalue weighted by molar-refractivity contribution is 6.07. The van der Waals surface area contributed by atoms with Crippen LogP contribution in [0.15, 0.2) is 30.5 Å². The molecule has 0 unspecified atom stereocenters. The standard InChI is InChI=1S/C52H80N8O19/c1-57-38-44(39-57)59-50(65)52(54-51(59)66)10-7-41(8-11-52)49(64)53-43-4-2-3-42(37-43)45-40-58(56-55-45)12-14-68-16-18-70-20-22-72-24-26-74-28-30-76-32-34-78-36-35-77-33-31-75-29-27-73-25-23-71-21-19-69-17-15-67-13-9-48(63)79-60-46(61)5-6-47(60)62/h2-4,37,40-41,44H,5-36,38-39H2,1H3,(H,53,64)(H,54,66). The number of carbonyl (C=O) groups excluding carboxylic acids is 6. The van der Waals surface area contributed by atoms with Crippen LogP contribution in [0.5, 0.6) is 0 Å². The Hall–Kier alpha value is -5.14. The molecule has 1 aromatic heterocycles. The van der Waals surface area contributed by atoms with Gasteiger partial charge in [-0.2, -0.15) is 0 Å². The van der Waals surface area contributed by atoms with E-state index in [1.165, 1.54) is 4.90 Å². The van der Waals surface area contributed by atoms with E-state index < -0.39 is 23.3 Å². The third-order valence-electron chi connectivity index (χ3n) is 13.0. The maximum absolute atomic E-state index is 13.3. The Morgan fingerprint density at radius 3 is 1.52 bits per heavy atom. The summed E-state index contributed by atoms with van der Waals surface area (Å²) < 4.78 is 67.8. The fraction of sp³-hybridized carbons (Fsp3) is 0.731. The highest BCUT2D eigenvalue weighted by atomic mass is 16.7. The number of urea groups is 1. The predicted octanol–water partition coefficient (Wildman–Crippen LogP) is 0.875. The second-order valence-electron chi connectivity index (χ2n) is 18.9. The van der Waals surface area contributed by atoms with Crippen LogP contribution in [-0.2, 0) is 92.2 Å². The summed E-state index contributed by atoms with van der Waals surface area (Å²) >= 11 is 0. The first-order valence-corrected chi connectivity index (χ1v) is 27.3. The van der Waals surface area contributed by atoms with E-state index in [9.17, 15) is 28.8 Å².